The first kappa shape index (κ1) is 28.0. The highest BCUT2D eigenvalue weighted by Crippen LogP contribution is 2.30. The van der Waals surface area contributed by atoms with Gasteiger partial charge in [0.2, 0.25) is 5.91 Å². The molecule has 9 heteroatoms. The van der Waals surface area contributed by atoms with Crippen molar-refractivity contribution in [3.05, 3.63) is 58.1 Å². The highest BCUT2D eigenvalue weighted by molar-refractivity contribution is 6.34. The Balaban J connectivity index is 2.41. The molecule has 0 aliphatic heterocycles. The molecule has 0 heterocycles. The smallest absolute Gasteiger partial charge is 0.408 e. The Morgan fingerprint density at radius 1 is 1.11 bits per heavy atom. The Morgan fingerprint density at radius 2 is 1.80 bits per heavy atom. The van der Waals surface area contributed by atoms with Gasteiger partial charge >= 0.3 is 6.09 Å². The first-order chi connectivity index (χ1) is 16.3. The largest absolute Gasteiger partial charge is 0.508 e. The number of aryl methyl sites for hydroxylation is 2. The molecule has 2 rings (SSSR count). The van der Waals surface area contributed by atoms with Crippen LogP contribution in [0, 0.1) is 13.8 Å². The molecule has 0 aliphatic rings. The molecule has 0 saturated heterocycles. The van der Waals surface area contributed by atoms with Crippen LogP contribution >= 0.6 is 11.6 Å². The van der Waals surface area contributed by atoms with Crippen molar-refractivity contribution in [1.82, 2.24) is 10.2 Å². The SMILES string of the molecule is CCCN(C(=O)CNC(=O)OC(C)(C)C)C(C(=O)Nc1c(C)cccc1Cl)c1ccc(O)c(C)c1. The summed E-state index contributed by atoms with van der Waals surface area (Å²) in [6.45, 7) is 10.5. The van der Waals surface area contributed by atoms with Crippen LogP contribution in [0.2, 0.25) is 5.02 Å². The summed E-state index contributed by atoms with van der Waals surface area (Å²) >= 11 is 6.32. The van der Waals surface area contributed by atoms with Crippen molar-refractivity contribution in [2.24, 2.45) is 0 Å². The number of aromatic hydroxyl groups is 1. The lowest BCUT2D eigenvalue weighted by Crippen LogP contribution is -2.46. The molecule has 0 spiro atoms. The maximum Gasteiger partial charge on any atom is 0.408 e. The molecule has 1 unspecified atom stereocenters. The Morgan fingerprint density at radius 3 is 2.37 bits per heavy atom. The first-order valence-electron chi connectivity index (χ1n) is 11.5. The third-order valence-corrected chi connectivity index (χ3v) is 5.45. The third kappa shape index (κ3) is 7.89. The van der Waals surface area contributed by atoms with Crippen LogP contribution in [-0.2, 0) is 14.3 Å². The number of para-hydroxylation sites is 1. The summed E-state index contributed by atoms with van der Waals surface area (Å²) < 4.78 is 5.21. The van der Waals surface area contributed by atoms with Crippen molar-refractivity contribution >= 4 is 35.2 Å². The molecule has 2 aromatic rings. The van der Waals surface area contributed by atoms with E-state index in [0.29, 0.717) is 28.3 Å². The van der Waals surface area contributed by atoms with E-state index in [1.165, 1.54) is 11.0 Å². The van der Waals surface area contributed by atoms with Crippen LogP contribution in [0.3, 0.4) is 0 Å². The van der Waals surface area contributed by atoms with E-state index in [0.717, 1.165) is 5.56 Å². The van der Waals surface area contributed by atoms with Crippen molar-refractivity contribution in [3.8, 4) is 5.75 Å². The monoisotopic (exact) mass is 503 g/mol. The molecule has 0 aromatic heterocycles. The summed E-state index contributed by atoms with van der Waals surface area (Å²) in [7, 11) is 0. The maximum absolute atomic E-state index is 13.6. The van der Waals surface area contributed by atoms with Crippen LogP contribution < -0.4 is 10.6 Å². The number of rotatable bonds is 8. The molecule has 0 bridgehead atoms. The zero-order valence-electron chi connectivity index (χ0n) is 21.1. The van der Waals surface area contributed by atoms with Crippen LogP contribution in [0.25, 0.3) is 0 Å². The molecule has 3 amide bonds. The van der Waals surface area contributed by atoms with Crippen molar-refractivity contribution in [3.63, 3.8) is 0 Å². The van der Waals surface area contributed by atoms with Crippen molar-refractivity contribution in [2.45, 2.75) is 59.6 Å². The van der Waals surface area contributed by atoms with Crippen LogP contribution in [0.1, 0.15) is 56.8 Å². The van der Waals surface area contributed by atoms with Gasteiger partial charge in [-0.05, 0) is 75.9 Å². The number of hydrogen-bond acceptors (Lipinski definition) is 5. The number of nitrogens with zero attached hydrogens (tertiary/aromatic N) is 1. The summed E-state index contributed by atoms with van der Waals surface area (Å²) in [4.78, 5) is 40.4. The summed E-state index contributed by atoms with van der Waals surface area (Å²) in [5.74, 6) is -0.848. The number of carbonyl (C=O) groups is 3. The van der Waals surface area contributed by atoms with Gasteiger partial charge in [0, 0.05) is 6.54 Å². The standard InChI is InChI=1S/C26H34ClN3O5/c1-7-13-30(21(32)15-28-25(34)35-26(4,5)6)23(18-11-12-20(31)17(3)14-18)24(33)29-22-16(2)9-8-10-19(22)27/h8-12,14,23,31H,7,13,15H2,1-6H3,(H,28,34)(H,29,33). The van der Waals surface area contributed by atoms with E-state index in [-0.39, 0.29) is 18.8 Å². The van der Waals surface area contributed by atoms with Gasteiger partial charge in [0.25, 0.3) is 5.91 Å². The van der Waals surface area contributed by atoms with Crippen LogP contribution in [0.4, 0.5) is 10.5 Å². The minimum Gasteiger partial charge on any atom is -0.508 e. The Hall–Kier alpha value is -3.26. The van der Waals surface area contributed by atoms with E-state index in [2.05, 4.69) is 10.6 Å². The predicted molar refractivity (Wildman–Crippen MR) is 137 cm³/mol. The van der Waals surface area contributed by atoms with Crippen LogP contribution in [-0.4, -0.2) is 46.6 Å². The lowest BCUT2D eigenvalue weighted by molar-refractivity contribution is -0.138. The van der Waals surface area contributed by atoms with Crippen LogP contribution in [0.15, 0.2) is 36.4 Å². The summed E-state index contributed by atoms with van der Waals surface area (Å²) in [5, 5.41) is 15.7. The fraction of sp³-hybridized carbons (Fsp3) is 0.423. The topological polar surface area (TPSA) is 108 Å². The lowest BCUT2D eigenvalue weighted by Gasteiger charge is -2.32. The fourth-order valence-electron chi connectivity index (χ4n) is 3.51. The first-order valence-corrected chi connectivity index (χ1v) is 11.8. The van der Waals surface area contributed by atoms with E-state index in [9.17, 15) is 19.5 Å². The molecule has 35 heavy (non-hydrogen) atoms. The second kappa shape index (κ2) is 11.9. The van der Waals surface area contributed by atoms with Gasteiger partial charge in [-0.2, -0.15) is 0 Å². The number of phenolic OH excluding ortho intramolecular Hbond substituents is 1. The molecule has 190 valence electrons. The summed E-state index contributed by atoms with van der Waals surface area (Å²) in [6.07, 6.45) is -0.153. The number of benzene rings is 2. The molecule has 0 aliphatic carbocycles. The summed E-state index contributed by atoms with van der Waals surface area (Å²) in [5.41, 5.74) is 1.59. The fourth-order valence-corrected chi connectivity index (χ4v) is 3.77. The molecule has 0 fully saturated rings. The van der Waals surface area contributed by atoms with E-state index in [4.69, 9.17) is 16.3 Å². The van der Waals surface area contributed by atoms with Gasteiger partial charge < -0.3 is 25.4 Å². The molecular weight excluding hydrogens is 470 g/mol. The minimum absolute atomic E-state index is 0.0785. The molecule has 1 atom stereocenters. The van der Waals surface area contributed by atoms with Gasteiger partial charge in [-0.15, -0.1) is 0 Å². The molecule has 2 aromatic carbocycles. The molecule has 3 N–H and O–H groups in total. The zero-order valence-corrected chi connectivity index (χ0v) is 21.8. The number of hydrogen-bond donors (Lipinski definition) is 3. The van der Waals surface area contributed by atoms with E-state index >= 15 is 0 Å². The third-order valence-electron chi connectivity index (χ3n) is 5.13. The van der Waals surface area contributed by atoms with Crippen LogP contribution in [0.5, 0.6) is 5.75 Å². The Labute approximate surface area is 211 Å². The second-order valence-electron chi connectivity index (χ2n) is 9.31. The number of halogens is 1. The molecular formula is C26H34ClN3O5. The summed E-state index contributed by atoms with van der Waals surface area (Å²) in [6, 6.07) is 8.99. The van der Waals surface area contributed by atoms with Gasteiger partial charge in [0.1, 0.15) is 23.9 Å². The van der Waals surface area contributed by atoms with Gasteiger partial charge in [-0.1, -0.05) is 36.7 Å². The highest BCUT2D eigenvalue weighted by Gasteiger charge is 2.32. The van der Waals surface area contributed by atoms with Gasteiger partial charge in [-0.3, -0.25) is 9.59 Å². The number of amides is 3. The van der Waals surface area contributed by atoms with Gasteiger partial charge in [0.15, 0.2) is 0 Å². The van der Waals surface area contributed by atoms with Gasteiger partial charge in [-0.25, -0.2) is 4.79 Å². The lowest BCUT2D eigenvalue weighted by atomic mass is 10.0. The zero-order chi connectivity index (χ0) is 26.3. The minimum atomic E-state index is -1.03. The van der Waals surface area contributed by atoms with Crippen molar-refractivity contribution in [1.29, 1.82) is 0 Å². The number of carbonyl (C=O) groups excluding carboxylic acids is 3. The van der Waals surface area contributed by atoms with E-state index < -0.39 is 29.6 Å². The van der Waals surface area contributed by atoms with Crippen molar-refractivity contribution < 1.29 is 24.2 Å². The van der Waals surface area contributed by atoms with E-state index in [1.54, 1.807) is 52.0 Å². The number of nitrogens with one attached hydrogen (secondary N) is 2. The number of ether oxygens (including phenoxy) is 1. The molecule has 0 radical (unpaired) electrons. The normalized spacial score (nSPS) is 12.0. The number of anilines is 1. The van der Waals surface area contributed by atoms with Crippen molar-refractivity contribution in [2.75, 3.05) is 18.4 Å². The van der Waals surface area contributed by atoms with E-state index in [1.807, 2.05) is 19.9 Å². The number of alkyl carbamates (subject to hydrolysis) is 1. The Kier molecular flexibility index (Phi) is 9.54. The molecule has 0 saturated carbocycles. The second-order valence-corrected chi connectivity index (χ2v) is 9.72. The number of phenols is 1. The van der Waals surface area contributed by atoms with Gasteiger partial charge in [0.05, 0.1) is 10.7 Å². The highest BCUT2D eigenvalue weighted by atomic mass is 35.5. The predicted octanol–water partition coefficient (Wildman–Crippen LogP) is 5.11. The average Bonchev–Trinajstić information content (AvgIpc) is 2.75. The maximum atomic E-state index is 13.6. The average molecular weight is 504 g/mol. The quantitative estimate of drug-likeness (QED) is 0.464. The molecule has 8 nitrogen and oxygen atoms in total. The Bertz CT molecular complexity index is 1060.